The summed E-state index contributed by atoms with van der Waals surface area (Å²) in [6.07, 6.45) is -1.48. The number of alkyl halides is 2. The zero-order valence-electron chi connectivity index (χ0n) is 10.5. The summed E-state index contributed by atoms with van der Waals surface area (Å²) in [4.78, 5) is 8.10. The van der Waals surface area contributed by atoms with Crippen molar-refractivity contribution in [3.63, 3.8) is 0 Å². The Morgan fingerprint density at radius 1 is 1.25 bits per heavy atom. The molecule has 3 aromatic rings. The number of aromatic nitrogens is 4. The summed E-state index contributed by atoms with van der Waals surface area (Å²) in [5.74, 6) is 0.688. The first kappa shape index (κ1) is 12.5. The molecule has 0 atom stereocenters. The van der Waals surface area contributed by atoms with Crippen LogP contribution >= 0.6 is 0 Å². The van der Waals surface area contributed by atoms with Gasteiger partial charge in [-0.25, -0.2) is 13.8 Å². The van der Waals surface area contributed by atoms with Crippen molar-refractivity contribution in [1.29, 1.82) is 0 Å². The molecule has 102 valence electrons. The standard InChI is InChI=1S/C13H10F2N4O/c1-20-11-5-3-2-4-8(11)9-6-10(12(14)15)19-13(18-9)16-7-17-19/h2-7,12H,1H3. The van der Waals surface area contributed by atoms with Gasteiger partial charge in [-0.15, -0.1) is 0 Å². The van der Waals surface area contributed by atoms with Crippen LogP contribution in [0.15, 0.2) is 36.7 Å². The minimum absolute atomic E-state index is 0.128. The van der Waals surface area contributed by atoms with Crippen molar-refractivity contribution in [1.82, 2.24) is 19.6 Å². The molecule has 5 nitrogen and oxygen atoms in total. The number of halogens is 2. The molecule has 0 saturated heterocycles. The van der Waals surface area contributed by atoms with Crippen LogP contribution in [0.5, 0.6) is 5.75 Å². The molecule has 0 saturated carbocycles. The molecule has 0 spiro atoms. The maximum atomic E-state index is 13.1. The average Bonchev–Trinajstić information content (AvgIpc) is 2.94. The van der Waals surface area contributed by atoms with Crippen LogP contribution in [0, 0.1) is 0 Å². The second-order valence-corrected chi connectivity index (χ2v) is 4.04. The predicted molar refractivity (Wildman–Crippen MR) is 67.7 cm³/mol. The third-order valence-corrected chi connectivity index (χ3v) is 2.89. The molecule has 0 radical (unpaired) electrons. The summed E-state index contributed by atoms with van der Waals surface area (Å²) >= 11 is 0. The van der Waals surface area contributed by atoms with Gasteiger partial charge in [-0.05, 0) is 18.2 Å². The quantitative estimate of drug-likeness (QED) is 0.738. The summed E-state index contributed by atoms with van der Waals surface area (Å²) in [5, 5.41) is 3.75. The fourth-order valence-electron chi connectivity index (χ4n) is 1.98. The largest absolute Gasteiger partial charge is 0.496 e. The number of benzene rings is 1. The second kappa shape index (κ2) is 4.84. The number of para-hydroxylation sites is 1. The summed E-state index contributed by atoms with van der Waals surface area (Å²) in [5.41, 5.74) is 0.744. The van der Waals surface area contributed by atoms with Crippen LogP contribution in [-0.4, -0.2) is 26.7 Å². The molecule has 2 heterocycles. The Hall–Kier alpha value is -2.57. The molecule has 0 N–H and O–H groups in total. The van der Waals surface area contributed by atoms with Crippen LogP contribution in [-0.2, 0) is 0 Å². The zero-order chi connectivity index (χ0) is 14.1. The first-order valence-electron chi connectivity index (χ1n) is 5.83. The second-order valence-electron chi connectivity index (χ2n) is 4.04. The van der Waals surface area contributed by atoms with Gasteiger partial charge < -0.3 is 4.74 Å². The molecule has 3 rings (SSSR count). The van der Waals surface area contributed by atoms with Crippen LogP contribution < -0.4 is 4.74 Å². The molecule has 2 aromatic heterocycles. The monoisotopic (exact) mass is 276 g/mol. The third-order valence-electron chi connectivity index (χ3n) is 2.89. The van der Waals surface area contributed by atoms with Crippen molar-refractivity contribution in [3.05, 3.63) is 42.4 Å². The van der Waals surface area contributed by atoms with Gasteiger partial charge in [-0.2, -0.15) is 14.6 Å². The van der Waals surface area contributed by atoms with Gasteiger partial charge in [0.1, 0.15) is 17.8 Å². The minimum Gasteiger partial charge on any atom is -0.496 e. The number of fused-ring (bicyclic) bond motifs is 1. The highest BCUT2D eigenvalue weighted by atomic mass is 19.3. The van der Waals surface area contributed by atoms with E-state index in [0.29, 0.717) is 17.0 Å². The molecule has 7 heteroatoms. The zero-order valence-corrected chi connectivity index (χ0v) is 10.5. The highest BCUT2D eigenvalue weighted by molar-refractivity contribution is 5.68. The Morgan fingerprint density at radius 2 is 2.05 bits per heavy atom. The van der Waals surface area contributed by atoms with Crippen molar-refractivity contribution < 1.29 is 13.5 Å². The van der Waals surface area contributed by atoms with E-state index in [0.717, 1.165) is 4.52 Å². The lowest BCUT2D eigenvalue weighted by Crippen LogP contribution is -2.03. The number of hydrogen-bond donors (Lipinski definition) is 0. The molecule has 0 unspecified atom stereocenters. The lowest BCUT2D eigenvalue weighted by Gasteiger charge is -2.09. The maximum Gasteiger partial charge on any atom is 0.280 e. The Bertz CT molecular complexity index is 757. The lowest BCUT2D eigenvalue weighted by molar-refractivity contribution is 0.143. The molecular formula is C13H10F2N4O. The van der Waals surface area contributed by atoms with E-state index in [9.17, 15) is 8.78 Å². The van der Waals surface area contributed by atoms with Gasteiger partial charge in [0.15, 0.2) is 0 Å². The van der Waals surface area contributed by atoms with E-state index < -0.39 is 6.43 Å². The molecule has 0 aliphatic heterocycles. The van der Waals surface area contributed by atoms with Crippen LogP contribution in [0.1, 0.15) is 12.1 Å². The van der Waals surface area contributed by atoms with Gasteiger partial charge in [0.2, 0.25) is 0 Å². The average molecular weight is 276 g/mol. The van der Waals surface area contributed by atoms with E-state index in [1.54, 1.807) is 24.3 Å². The molecule has 0 aliphatic rings. The molecule has 0 bridgehead atoms. The van der Waals surface area contributed by atoms with Gasteiger partial charge >= 0.3 is 0 Å². The Morgan fingerprint density at radius 3 is 2.80 bits per heavy atom. The highest BCUT2D eigenvalue weighted by Gasteiger charge is 2.17. The first-order valence-corrected chi connectivity index (χ1v) is 5.83. The van der Waals surface area contributed by atoms with Crippen LogP contribution in [0.3, 0.4) is 0 Å². The van der Waals surface area contributed by atoms with Gasteiger partial charge in [0, 0.05) is 5.56 Å². The van der Waals surface area contributed by atoms with Gasteiger partial charge in [0.25, 0.3) is 12.2 Å². The van der Waals surface area contributed by atoms with Gasteiger partial charge in [-0.3, -0.25) is 0 Å². The summed E-state index contributed by atoms with van der Waals surface area (Å²) in [7, 11) is 1.52. The fourth-order valence-corrected chi connectivity index (χ4v) is 1.98. The van der Waals surface area contributed by atoms with Crippen LogP contribution in [0.4, 0.5) is 8.78 Å². The van der Waals surface area contributed by atoms with Crippen molar-refractivity contribution in [3.8, 4) is 17.0 Å². The minimum atomic E-state index is -2.67. The molecule has 0 fully saturated rings. The summed E-state index contributed by atoms with van der Waals surface area (Å²) in [6, 6.07) is 8.38. The third kappa shape index (κ3) is 1.97. The van der Waals surface area contributed by atoms with Crippen LogP contribution in [0.25, 0.3) is 17.0 Å². The van der Waals surface area contributed by atoms with E-state index in [2.05, 4.69) is 15.1 Å². The van der Waals surface area contributed by atoms with E-state index >= 15 is 0 Å². The molecule has 1 aromatic carbocycles. The van der Waals surface area contributed by atoms with Crippen LogP contribution in [0.2, 0.25) is 0 Å². The first-order chi connectivity index (χ1) is 9.70. The van der Waals surface area contributed by atoms with Crippen molar-refractivity contribution in [2.45, 2.75) is 6.43 Å². The number of ether oxygens (including phenoxy) is 1. The molecular weight excluding hydrogens is 266 g/mol. The predicted octanol–water partition coefficient (Wildman–Crippen LogP) is 2.74. The SMILES string of the molecule is COc1ccccc1-c1cc(C(F)F)n2ncnc2n1. The molecule has 0 aliphatic carbocycles. The Kier molecular flexibility index (Phi) is 3.02. The molecule has 20 heavy (non-hydrogen) atoms. The number of hydrogen-bond acceptors (Lipinski definition) is 4. The van der Waals surface area contributed by atoms with E-state index in [1.807, 2.05) is 0 Å². The maximum absolute atomic E-state index is 13.1. The smallest absolute Gasteiger partial charge is 0.280 e. The van der Waals surface area contributed by atoms with E-state index in [4.69, 9.17) is 4.74 Å². The van der Waals surface area contributed by atoms with Gasteiger partial charge in [0.05, 0.1) is 12.8 Å². The summed E-state index contributed by atoms with van der Waals surface area (Å²) in [6.45, 7) is 0. The fraction of sp³-hybridized carbons (Fsp3) is 0.154. The molecule has 0 amide bonds. The number of nitrogens with zero attached hydrogens (tertiary/aromatic N) is 4. The van der Waals surface area contributed by atoms with Crippen molar-refractivity contribution in [2.24, 2.45) is 0 Å². The Labute approximate surface area is 112 Å². The van der Waals surface area contributed by atoms with Crippen molar-refractivity contribution in [2.75, 3.05) is 7.11 Å². The Balaban J connectivity index is 2.26. The van der Waals surface area contributed by atoms with E-state index in [-0.39, 0.29) is 11.5 Å². The van der Waals surface area contributed by atoms with Gasteiger partial charge in [-0.1, -0.05) is 12.1 Å². The highest BCUT2D eigenvalue weighted by Crippen LogP contribution is 2.30. The summed E-state index contributed by atoms with van der Waals surface area (Å²) < 4.78 is 32.5. The van der Waals surface area contributed by atoms with E-state index in [1.165, 1.54) is 19.5 Å². The van der Waals surface area contributed by atoms with Crippen molar-refractivity contribution >= 4 is 5.78 Å². The normalized spacial score (nSPS) is 11.2. The topological polar surface area (TPSA) is 52.3 Å². The lowest BCUT2D eigenvalue weighted by atomic mass is 10.1. The number of rotatable bonds is 3. The number of methoxy groups -OCH3 is 1.